The second-order valence-corrected chi connectivity index (χ2v) is 6.60. The van der Waals surface area contributed by atoms with Crippen molar-refractivity contribution < 1.29 is 4.79 Å². The fraction of sp³-hybridized carbons (Fsp3) is 0.938. The van der Waals surface area contributed by atoms with Gasteiger partial charge >= 0.3 is 0 Å². The van der Waals surface area contributed by atoms with Crippen LogP contribution >= 0.6 is 0 Å². The van der Waals surface area contributed by atoms with Gasteiger partial charge in [0, 0.05) is 25.6 Å². The molecule has 3 nitrogen and oxygen atoms in total. The molecule has 19 heavy (non-hydrogen) atoms. The average molecular weight is 266 g/mol. The number of hydrogen-bond donors (Lipinski definition) is 1. The Morgan fingerprint density at radius 3 is 2.53 bits per heavy atom. The molecule has 0 aromatic heterocycles. The van der Waals surface area contributed by atoms with E-state index in [0.29, 0.717) is 17.9 Å². The van der Waals surface area contributed by atoms with Crippen LogP contribution in [0.15, 0.2) is 0 Å². The van der Waals surface area contributed by atoms with Crippen LogP contribution in [0.2, 0.25) is 0 Å². The predicted octanol–water partition coefficient (Wildman–Crippen LogP) is 2.80. The maximum absolute atomic E-state index is 12.2. The maximum Gasteiger partial charge on any atom is 0.222 e. The van der Waals surface area contributed by atoms with E-state index in [1.807, 2.05) is 0 Å². The molecule has 0 radical (unpaired) electrons. The Morgan fingerprint density at radius 2 is 1.95 bits per heavy atom. The van der Waals surface area contributed by atoms with Crippen LogP contribution < -0.4 is 5.32 Å². The third-order valence-electron chi connectivity index (χ3n) is 4.54. The van der Waals surface area contributed by atoms with Gasteiger partial charge in [-0.25, -0.2) is 0 Å². The lowest BCUT2D eigenvalue weighted by Gasteiger charge is -2.33. The molecule has 0 spiro atoms. The summed E-state index contributed by atoms with van der Waals surface area (Å²) in [5, 5.41) is 3.67. The van der Waals surface area contributed by atoms with E-state index < -0.39 is 0 Å². The van der Waals surface area contributed by atoms with Crippen LogP contribution in [-0.4, -0.2) is 36.5 Å². The predicted molar refractivity (Wildman–Crippen MR) is 79.0 cm³/mol. The van der Waals surface area contributed by atoms with E-state index in [1.165, 1.54) is 32.2 Å². The summed E-state index contributed by atoms with van der Waals surface area (Å²) < 4.78 is 0. The van der Waals surface area contributed by atoms with E-state index in [9.17, 15) is 4.79 Å². The van der Waals surface area contributed by atoms with Crippen molar-refractivity contribution >= 4 is 5.91 Å². The van der Waals surface area contributed by atoms with E-state index in [2.05, 4.69) is 24.1 Å². The summed E-state index contributed by atoms with van der Waals surface area (Å²) in [4.78, 5) is 14.3. The van der Waals surface area contributed by atoms with Crippen LogP contribution in [0.3, 0.4) is 0 Å². The molecular weight excluding hydrogens is 236 g/mol. The summed E-state index contributed by atoms with van der Waals surface area (Å²) in [6.45, 7) is 7.51. The minimum absolute atomic E-state index is 0.376. The van der Waals surface area contributed by atoms with E-state index >= 15 is 0 Å². The molecule has 0 aromatic rings. The molecule has 1 saturated heterocycles. The normalized spacial score (nSPS) is 22.5. The van der Waals surface area contributed by atoms with Crippen LogP contribution in [0.1, 0.15) is 58.8 Å². The number of carbonyl (C=O) groups excluding carboxylic acids is 1. The molecule has 3 heteroatoms. The summed E-state index contributed by atoms with van der Waals surface area (Å²) >= 11 is 0. The fourth-order valence-corrected chi connectivity index (χ4v) is 3.01. The Balaban J connectivity index is 1.62. The molecular formula is C16H30N2O. The Kier molecular flexibility index (Phi) is 5.68. The van der Waals surface area contributed by atoms with Crippen LogP contribution in [0.4, 0.5) is 0 Å². The Bertz CT molecular complexity index is 280. The SMILES string of the molecule is CCCC(C)CC(=O)N1CCC(NCC2CC2)CC1. The van der Waals surface area contributed by atoms with E-state index in [0.717, 1.165) is 38.3 Å². The average Bonchev–Trinajstić information content (AvgIpc) is 3.21. The van der Waals surface area contributed by atoms with Crippen molar-refractivity contribution in [2.45, 2.75) is 64.8 Å². The van der Waals surface area contributed by atoms with E-state index in [1.54, 1.807) is 0 Å². The monoisotopic (exact) mass is 266 g/mol. The van der Waals surface area contributed by atoms with E-state index in [-0.39, 0.29) is 0 Å². The second kappa shape index (κ2) is 7.28. The minimum Gasteiger partial charge on any atom is -0.343 e. The van der Waals surface area contributed by atoms with Crippen molar-refractivity contribution in [2.24, 2.45) is 11.8 Å². The zero-order valence-electron chi connectivity index (χ0n) is 12.7. The first-order chi connectivity index (χ1) is 9.19. The van der Waals surface area contributed by atoms with Crippen molar-refractivity contribution in [3.63, 3.8) is 0 Å². The molecule has 0 aromatic carbocycles. The molecule has 1 aliphatic carbocycles. The number of nitrogens with one attached hydrogen (secondary N) is 1. The number of likely N-dealkylation sites (tertiary alicyclic amines) is 1. The van der Waals surface area contributed by atoms with Gasteiger partial charge in [-0.1, -0.05) is 26.7 Å². The number of hydrogen-bond acceptors (Lipinski definition) is 2. The van der Waals surface area contributed by atoms with Crippen molar-refractivity contribution in [1.82, 2.24) is 10.2 Å². The van der Waals surface area contributed by atoms with Crippen molar-refractivity contribution in [3.05, 3.63) is 0 Å². The van der Waals surface area contributed by atoms with Gasteiger partial charge in [-0.15, -0.1) is 0 Å². The smallest absolute Gasteiger partial charge is 0.222 e. The first-order valence-corrected chi connectivity index (χ1v) is 8.20. The first kappa shape index (κ1) is 14.8. The third kappa shape index (κ3) is 5.13. The minimum atomic E-state index is 0.376. The zero-order valence-corrected chi connectivity index (χ0v) is 12.7. The largest absolute Gasteiger partial charge is 0.343 e. The molecule has 0 bridgehead atoms. The van der Waals surface area contributed by atoms with Gasteiger partial charge in [0.1, 0.15) is 0 Å². The van der Waals surface area contributed by atoms with Crippen molar-refractivity contribution in [1.29, 1.82) is 0 Å². The van der Waals surface area contributed by atoms with Gasteiger partial charge in [-0.2, -0.15) is 0 Å². The summed E-state index contributed by atoms with van der Waals surface area (Å²) in [6, 6.07) is 0.651. The summed E-state index contributed by atoms with van der Waals surface area (Å²) in [6.07, 6.45) is 8.21. The Hall–Kier alpha value is -0.570. The molecule has 1 unspecified atom stereocenters. The fourth-order valence-electron chi connectivity index (χ4n) is 3.01. The summed E-state index contributed by atoms with van der Waals surface area (Å²) in [5.74, 6) is 1.87. The number of piperidine rings is 1. The molecule has 1 aliphatic heterocycles. The van der Waals surface area contributed by atoms with Gasteiger partial charge in [0.15, 0.2) is 0 Å². The van der Waals surface area contributed by atoms with Gasteiger partial charge in [-0.3, -0.25) is 4.79 Å². The number of carbonyl (C=O) groups is 1. The van der Waals surface area contributed by atoms with Gasteiger partial charge < -0.3 is 10.2 Å². The van der Waals surface area contributed by atoms with Crippen molar-refractivity contribution in [3.8, 4) is 0 Å². The van der Waals surface area contributed by atoms with Gasteiger partial charge in [0.05, 0.1) is 0 Å². The number of rotatable bonds is 7. The maximum atomic E-state index is 12.2. The molecule has 110 valence electrons. The highest BCUT2D eigenvalue weighted by molar-refractivity contribution is 5.76. The highest BCUT2D eigenvalue weighted by atomic mass is 16.2. The second-order valence-electron chi connectivity index (χ2n) is 6.60. The molecule has 2 aliphatic rings. The molecule has 1 amide bonds. The highest BCUT2D eigenvalue weighted by Crippen LogP contribution is 2.28. The topological polar surface area (TPSA) is 32.3 Å². The number of nitrogens with zero attached hydrogens (tertiary/aromatic N) is 1. The zero-order chi connectivity index (χ0) is 13.7. The summed E-state index contributed by atoms with van der Waals surface area (Å²) in [7, 11) is 0. The Labute approximate surface area is 118 Å². The van der Waals surface area contributed by atoms with Gasteiger partial charge in [0.2, 0.25) is 5.91 Å². The quantitative estimate of drug-likeness (QED) is 0.768. The number of amides is 1. The lowest BCUT2D eigenvalue weighted by molar-refractivity contribution is -0.133. The standard InChI is InChI=1S/C16H30N2O/c1-3-4-13(2)11-16(19)18-9-7-15(8-10-18)17-12-14-5-6-14/h13-15,17H,3-12H2,1-2H3. The summed E-state index contributed by atoms with van der Waals surface area (Å²) in [5.41, 5.74) is 0. The lowest BCUT2D eigenvalue weighted by Crippen LogP contribution is -2.45. The molecule has 1 atom stereocenters. The van der Waals surface area contributed by atoms with Crippen LogP contribution in [0.5, 0.6) is 0 Å². The molecule has 2 fully saturated rings. The van der Waals surface area contributed by atoms with Crippen LogP contribution in [-0.2, 0) is 4.79 Å². The van der Waals surface area contributed by atoms with Crippen molar-refractivity contribution in [2.75, 3.05) is 19.6 Å². The molecule has 1 heterocycles. The van der Waals surface area contributed by atoms with Gasteiger partial charge in [0.25, 0.3) is 0 Å². The lowest BCUT2D eigenvalue weighted by atomic mass is 9.99. The highest BCUT2D eigenvalue weighted by Gasteiger charge is 2.26. The van der Waals surface area contributed by atoms with Gasteiger partial charge in [-0.05, 0) is 44.1 Å². The molecule has 2 rings (SSSR count). The Morgan fingerprint density at radius 1 is 1.26 bits per heavy atom. The third-order valence-corrected chi connectivity index (χ3v) is 4.54. The molecule has 1 saturated carbocycles. The molecule has 1 N–H and O–H groups in total. The van der Waals surface area contributed by atoms with Crippen LogP contribution in [0, 0.1) is 11.8 Å². The van der Waals surface area contributed by atoms with Crippen LogP contribution in [0.25, 0.3) is 0 Å². The first-order valence-electron chi connectivity index (χ1n) is 8.20. The van der Waals surface area contributed by atoms with E-state index in [4.69, 9.17) is 0 Å².